The standard InChI is InChI=1S/C20H24FN3O/c1-16(18-7-2-3-8-19(18)21)14-20(25)24-12-10-23(11-13-24)15-17-6-4-5-9-22-17/h2-9,16H,10-15H2,1H3. The summed E-state index contributed by atoms with van der Waals surface area (Å²) >= 11 is 0. The topological polar surface area (TPSA) is 36.4 Å². The smallest absolute Gasteiger partial charge is 0.223 e. The lowest BCUT2D eigenvalue weighted by atomic mass is 9.96. The lowest BCUT2D eigenvalue weighted by molar-refractivity contribution is -0.133. The molecular formula is C20H24FN3O. The average molecular weight is 341 g/mol. The molecule has 1 atom stereocenters. The quantitative estimate of drug-likeness (QED) is 0.839. The number of hydrogen-bond donors (Lipinski definition) is 0. The van der Waals surface area contributed by atoms with E-state index in [1.165, 1.54) is 6.07 Å². The maximum Gasteiger partial charge on any atom is 0.223 e. The van der Waals surface area contributed by atoms with Crippen molar-refractivity contribution in [3.63, 3.8) is 0 Å². The molecule has 1 unspecified atom stereocenters. The van der Waals surface area contributed by atoms with Crippen LogP contribution in [0.4, 0.5) is 4.39 Å². The number of nitrogens with zero attached hydrogens (tertiary/aromatic N) is 3. The number of carbonyl (C=O) groups excluding carboxylic acids is 1. The first-order valence-electron chi connectivity index (χ1n) is 8.78. The maximum atomic E-state index is 13.9. The summed E-state index contributed by atoms with van der Waals surface area (Å²) in [6.45, 7) is 5.85. The largest absolute Gasteiger partial charge is 0.340 e. The predicted molar refractivity (Wildman–Crippen MR) is 95.5 cm³/mol. The molecule has 3 rings (SSSR count). The number of benzene rings is 1. The minimum Gasteiger partial charge on any atom is -0.340 e. The van der Waals surface area contributed by atoms with Crippen LogP contribution >= 0.6 is 0 Å². The summed E-state index contributed by atoms with van der Waals surface area (Å²) in [5, 5.41) is 0. The van der Waals surface area contributed by atoms with Gasteiger partial charge in [-0.1, -0.05) is 31.2 Å². The van der Waals surface area contributed by atoms with Gasteiger partial charge in [0.15, 0.2) is 0 Å². The molecule has 4 nitrogen and oxygen atoms in total. The first-order chi connectivity index (χ1) is 12.1. The van der Waals surface area contributed by atoms with E-state index < -0.39 is 0 Å². The number of piperazine rings is 1. The zero-order valence-corrected chi connectivity index (χ0v) is 14.6. The van der Waals surface area contributed by atoms with Gasteiger partial charge in [-0.2, -0.15) is 0 Å². The van der Waals surface area contributed by atoms with Crippen LogP contribution in [0.2, 0.25) is 0 Å². The van der Waals surface area contributed by atoms with Crippen molar-refractivity contribution in [2.75, 3.05) is 26.2 Å². The molecule has 1 aromatic carbocycles. The molecule has 1 aliphatic heterocycles. The van der Waals surface area contributed by atoms with Crippen molar-refractivity contribution in [2.24, 2.45) is 0 Å². The number of hydrogen-bond acceptors (Lipinski definition) is 3. The van der Waals surface area contributed by atoms with E-state index in [1.54, 1.807) is 18.3 Å². The summed E-state index contributed by atoms with van der Waals surface area (Å²) in [6.07, 6.45) is 2.15. The van der Waals surface area contributed by atoms with Gasteiger partial charge in [0.1, 0.15) is 5.82 Å². The highest BCUT2D eigenvalue weighted by Crippen LogP contribution is 2.23. The van der Waals surface area contributed by atoms with Crippen LogP contribution in [-0.4, -0.2) is 46.9 Å². The second-order valence-electron chi connectivity index (χ2n) is 6.60. The molecule has 1 aromatic heterocycles. The highest BCUT2D eigenvalue weighted by Gasteiger charge is 2.23. The third-order valence-corrected chi connectivity index (χ3v) is 4.75. The number of amides is 1. The van der Waals surface area contributed by atoms with Crippen molar-refractivity contribution in [3.05, 3.63) is 65.7 Å². The van der Waals surface area contributed by atoms with E-state index in [2.05, 4.69) is 9.88 Å². The molecule has 2 heterocycles. The van der Waals surface area contributed by atoms with Crippen molar-refractivity contribution in [1.82, 2.24) is 14.8 Å². The number of carbonyl (C=O) groups is 1. The third kappa shape index (κ3) is 4.63. The molecule has 1 aliphatic rings. The molecule has 0 radical (unpaired) electrons. The second-order valence-corrected chi connectivity index (χ2v) is 6.60. The summed E-state index contributed by atoms with van der Waals surface area (Å²) < 4.78 is 13.9. The minimum absolute atomic E-state index is 0.105. The molecule has 0 N–H and O–H groups in total. The van der Waals surface area contributed by atoms with Crippen LogP contribution in [0.3, 0.4) is 0 Å². The van der Waals surface area contributed by atoms with E-state index in [0.29, 0.717) is 12.0 Å². The van der Waals surface area contributed by atoms with Crippen molar-refractivity contribution >= 4 is 5.91 Å². The predicted octanol–water partition coefficient (Wildman–Crippen LogP) is 3.06. The number of halogens is 1. The lowest BCUT2D eigenvalue weighted by Gasteiger charge is -2.35. The van der Waals surface area contributed by atoms with E-state index >= 15 is 0 Å². The summed E-state index contributed by atoms with van der Waals surface area (Å²) in [7, 11) is 0. The molecule has 5 heteroatoms. The first kappa shape index (κ1) is 17.5. The maximum absolute atomic E-state index is 13.9. The van der Waals surface area contributed by atoms with Crippen LogP contribution in [-0.2, 0) is 11.3 Å². The van der Waals surface area contributed by atoms with E-state index in [0.717, 1.165) is 38.4 Å². The Hall–Kier alpha value is -2.27. The van der Waals surface area contributed by atoms with E-state index in [4.69, 9.17) is 0 Å². The zero-order chi connectivity index (χ0) is 17.6. The Morgan fingerprint density at radius 3 is 2.52 bits per heavy atom. The Labute approximate surface area is 148 Å². The van der Waals surface area contributed by atoms with Crippen molar-refractivity contribution in [3.8, 4) is 0 Å². The van der Waals surface area contributed by atoms with Gasteiger partial charge in [-0.05, 0) is 29.7 Å². The lowest BCUT2D eigenvalue weighted by Crippen LogP contribution is -2.48. The Morgan fingerprint density at radius 2 is 1.84 bits per heavy atom. The van der Waals surface area contributed by atoms with Gasteiger partial charge in [0.25, 0.3) is 0 Å². The van der Waals surface area contributed by atoms with Crippen molar-refractivity contribution < 1.29 is 9.18 Å². The Balaban J connectivity index is 1.49. The summed E-state index contributed by atoms with van der Waals surface area (Å²) in [5.41, 5.74) is 1.67. The Kier molecular flexibility index (Phi) is 5.76. The molecule has 0 saturated carbocycles. The van der Waals surface area contributed by atoms with Gasteiger partial charge < -0.3 is 4.90 Å². The highest BCUT2D eigenvalue weighted by atomic mass is 19.1. The van der Waals surface area contributed by atoms with Crippen molar-refractivity contribution in [2.45, 2.75) is 25.8 Å². The Morgan fingerprint density at radius 1 is 1.12 bits per heavy atom. The number of pyridine rings is 1. The Bertz CT molecular complexity index is 699. The van der Waals surface area contributed by atoms with Crippen molar-refractivity contribution in [1.29, 1.82) is 0 Å². The number of aromatic nitrogens is 1. The highest BCUT2D eigenvalue weighted by molar-refractivity contribution is 5.77. The molecule has 2 aromatic rings. The normalized spacial score (nSPS) is 16.6. The summed E-state index contributed by atoms with van der Waals surface area (Å²) in [4.78, 5) is 21.1. The SMILES string of the molecule is CC(CC(=O)N1CCN(Cc2ccccn2)CC1)c1ccccc1F. The van der Waals surface area contributed by atoms with Crippen LogP contribution in [0.5, 0.6) is 0 Å². The molecule has 132 valence electrons. The molecule has 1 fully saturated rings. The fraction of sp³-hybridized carbons (Fsp3) is 0.400. The van der Waals surface area contributed by atoms with Crippen LogP contribution < -0.4 is 0 Å². The number of rotatable bonds is 5. The first-order valence-corrected chi connectivity index (χ1v) is 8.78. The molecule has 0 bridgehead atoms. The molecule has 0 spiro atoms. The van der Waals surface area contributed by atoms with Gasteiger partial charge >= 0.3 is 0 Å². The minimum atomic E-state index is -0.233. The van der Waals surface area contributed by atoms with Gasteiger partial charge in [-0.15, -0.1) is 0 Å². The fourth-order valence-corrected chi connectivity index (χ4v) is 3.25. The van der Waals surface area contributed by atoms with Crippen LogP contribution in [0.1, 0.15) is 30.5 Å². The van der Waals surface area contributed by atoms with Crippen LogP contribution in [0.25, 0.3) is 0 Å². The van der Waals surface area contributed by atoms with Gasteiger partial charge in [0.05, 0.1) is 5.69 Å². The van der Waals surface area contributed by atoms with Crippen LogP contribution in [0, 0.1) is 5.82 Å². The van der Waals surface area contributed by atoms with E-state index in [9.17, 15) is 9.18 Å². The molecular weight excluding hydrogens is 317 g/mol. The van der Waals surface area contributed by atoms with Gasteiger partial charge in [-0.25, -0.2) is 4.39 Å². The molecule has 25 heavy (non-hydrogen) atoms. The average Bonchev–Trinajstić information content (AvgIpc) is 2.63. The van der Waals surface area contributed by atoms with Crippen LogP contribution in [0.15, 0.2) is 48.7 Å². The van der Waals surface area contributed by atoms with Gasteiger partial charge in [-0.3, -0.25) is 14.7 Å². The second kappa shape index (κ2) is 8.21. The molecule has 1 amide bonds. The monoisotopic (exact) mass is 341 g/mol. The molecule has 1 saturated heterocycles. The third-order valence-electron chi connectivity index (χ3n) is 4.75. The summed E-state index contributed by atoms with van der Waals surface area (Å²) in [5.74, 6) is -0.239. The van der Waals surface area contributed by atoms with Gasteiger partial charge in [0.2, 0.25) is 5.91 Å². The van der Waals surface area contributed by atoms with E-state index in [1.807, 2.05) is 36.1 Å². The fourth-order valence-electron chi connectivity index (χ4n) is 3.25. The summed E-state index contributed by atoms with van der Waals surface area (Å²) in [6, 6.07) is 12.6. The van der Waals surface area contributed by atoms with E-state index in [-0.39, 0.29) is 17.6 Å². The molecule has 0 aliphatic carbocycles. The van der Waals surface area contributed by atoms with Gasteiger partial charge in [0, 0.05) is 45.3 Å². The zero-order valence-electron chi connectivity index (χ0n) is 14.6.